The number of hydrogen-bond acceptors (Lipinski definition) is 5. The third-order valence-electron chi connectivity index (χ3n) is 2.13. The lowest BCUT2D eigenvalue weighted by atomic mass is 10.1. The molecule has 1 atom stereocenters. The molecule has 1 aromatic carbocycles. The third-order valence-corrected chi connectivity index (χ3v) is 2.13. The molecule has 0 spiro atoms. The van der Waals surface area contributed by atoms with Crippen LogP contribution < -0.4 is 0 Å². The van der Waals surface area contributed by atoms with Crippen LogP contribution >= 0.6 is 0 Å². The number of carbonyl (C=O) groups excluding carboxylic acids is 1. The molecule has 0 saturated carbocycles. The van der Waals surface area contributed by atoms with E-state index in [1.54, 1.807) is 6.07 Å². The van der Waals surface area contributed by atoms with Gasteiger partial charge in [0.05, 0.1) is 5.56 Å². The number of benzene rings is 1. The summed E-state index contributed by atoms with van der Waals surface area (Å²) >= 11 is 0. The van der Waals surface area contributed by atoms with Gasteiger partial charge in [-0.05, 0) is 18.2 Å². The zero-order chi connectivity index (χ0) is 13.7. The van der Waals surface area contributed by atoms with E-state index in [4.69, 9.17) is 10.4 Å². The molecule has 1 rings (SSSR count). The summed E-state index contributed by atoms with van der Waals surface area (Å²) < 4.78 is 17.6. The smallest absolute Gasteiger partial charge is 0.219 e. The first-order valence-corrected chi connectivity index (χ1v) is 4.85. The Morgan fingerprint density at radius 2 is 2.28 bits per heavy atom. The van der Waals surface area contributed by atoms with Crippen LogP contribution in [-0.4, -0.2) is 29.4 Å². The van der Waals surface area contributed by atoms with Gasteiger partial charge in [-0.15, -0.1) is 0 Å². The number of nitriles is 1. The number of ketones is 1. The van der Waals surface area contributed by atoms with Crippen LogP contribution in [0.3, 0.4) is 0 Å². The number of carbonyl (C=O) groups is 1. The van der Waals surface area contributed by atoms with Gasteiger partial charge in [0.25, 0.3) is 0 Å². The lowest BCUT2D eigenvalue weighted by molar-refractivity contribution is -0.144. The van der Waals surface area contributed by atoms with E-state index in [2.05, 4.69) is 4.74 Å². The van der Waals surface area contributed by atoms with Crippen LogP contribution in [0, 0.1) is 17.1 Å². The molecular formula is C12H10FNO4. The quantitative estimate of drug-likeness (QED) is 0.475. The molecule has 0 heterocycles. The Bertz CT molecular complexity index is 533. The number of nitrogens with zero attached hydrogens (tertiary/aromatic N) is 1. The van der Waals surface area contributed by atoms with E-state index >= 15 is 0 Å². The minimum atomic E-state index is -1.68. The fraction of sp³-hybridized carbons (Fsp3) is 0.167. The Morgan fingerprint density at radius 1 is 1.61 bits per heavy atom. The Morgan fingerprint density at radius 3 is 2.78 bits per heavy atom. The first-order valence-electron chi connectivity index (χ1n) is 4.85. The number of aliphatic hydroxyl groups is 2. The summed E-state index contributed by atoms with van der Waals surface area (Å²) in [7, 11) is 1.12. The van der Waals surface area contributed by atoms with E-state index in [1.165, 1.54) is 12.1 Å². The summed E-state index contributed by atoms with van der Waals surface area (Å²) in [5.41, 5.74) is -0.155. The standard InChI is InChI=1S/C12H10FNO4/c1-18-12(17)11(16)5-10(15)7-2-3-8(6-14)9(13)4-7/h2-5,12,15,17H,1H3/b10-5-. The van der Waals surface area contributed by atoms with Crippen molar-refractivity contribution in [1.29, 1.82) is 5.26 Å². The van der Waals surface area contributed by atoms with Crippen molar-refractivity contribution < 1.29 is 24.1 Å². The molecule has 0 aliphatic carbocycles. The maximum Gasteiger partial charge on any atom is 0.219 e. The van der Waals surface area contributed by atoms with Gasteiger partial charge in [0.2, 0.25) is 12.1 Å². The van der Waals surface area contributed by atoms with Crippen molar-refractivity contribution in [2.45, 2.75) is 6.29 Å². The van der Waals surface area contributed by atoms with E-state index in [9.17, 15) is 14.3 Å². The number of aliphatic hydroxyl groups excluding tert-OH is 2. The average Bonchev–Trinajstić information content (AvgIpc) is 2.37. The van der Waals surface area contributed by atoms with Crippen molar-refractivity contribution in [3.63, 3.8) is 0 Å². The monoisotopic (exact) mass is 251 g/mol. The maximum atomic E-state index is 13.3. The van der Waals surface area contributed by atoms with Crippen LogP contribution in [-0.2, 0) is 9.53 Å². The summed E-state index contributed by atoms with van der Waals surface area (Å²) in [4.78, 5) is 11.2. The molecule has 0 aromatic heterocycles. The Balaban J connectivity index is 3.01. The first-order chi connectivity index (χ1) is 8.49. The van der Waals surface area contributed by atoms with Gasteiger partial charge in [-0.1, -0.05) is 0 Å². The van der Waals surface area contributed by atoms with E-state index in [1.807, 2.05) is 0 Å². The van der Waals surface area contributed by atoms with E-state index < -0.39 is 23.6 Å². The predicted octanol–water partition coefficient (Wildman–Crippen LogP) is 1.13. The van der Waals surface area contributed by atoms with Crippen molar-refractivity contribution in [3.05, 3.63) is 41.2 Å². The second-order valence-corrected chi connectivity index (χ2v) is 3.33. The summed E-state index contributed by atoms with van der Waals surface area (Å²) in [6.07, 6.45) is -0.968. The van der Waals surface area contributed by atoms with Crippen LogP contribution in [0.5, 0.6) is 0 Å². The topological polar surface area (TPSA) is 90.6 Å². The van der Waals surface area contributed by atoms with Gasteiger partial charge < -0.3 is 14.9 Å². The van der Waals surface area contributed by atoms with Crippen molar-refractivity contribution in [1.82, 2.24) is 0 Å². The summed E-state index contributed by atoms with van der Waals surface area (Å²) in [6.45, 7) is 0. The highest BCUT2D eigenvalue weighted by Gasteiger charge is 2.13. The molecule has 0 saturated heterocycles. The molecule has 94 valence electrons. The molecule has 18 heavy (non-hydrogen) atoms. The van der Waals surface area contributed by atoms with E-state index in [-0.39, 0.29) is 11.1 Å². The number of hydrogen-bond donors (Lipinski definition) is 2. The number of halogens is 1. The van der Waals surface area contributed by atoms with Gasteiger partial charge in [-0.3, -0.25) is 4.79 Å². The number of rotatable bonds is 4. The van der Waals surface area contributed by atoms with Crippen molar-refractivity contribution in [2.75, 3.05) is 7.11 Å². The lowest BCUT2D eigenvalue weighted by Gasteiger charge is -2.05. The number of ether oxygens (including phenoxy) is 1. The fourth-order valence-electron chi connectivity index (χ4n) is 1.17. The molecule has 0 fully saturated rings. The highest BCUT2D eigenvalue weighted by molar-refractivity contribution is 5.97. The third kappa shape index (κ3) is 3.13. The van der Waals surface area contributed by atoms with Crippen LogP contribution in [0.2, 0.25) is 0 Å². The summed E-state index contributed by atoms with van der Waals surface area (Å²) in [5, 5.41) is 27.1. The predicted molar refractivity (Wildman–Crippen MR) is 59.7 cm³/mol. The maximum absolute atomic E-state index is 13.3. The number of methoxy groups -OCH3 is 1. The molecule has 0 aliphatic heterocycles. The van der Waals surface area contributed by atoms with E-state index in [0.29, 0.717) is 0 Å². The van der Waals surface area contributed by atoms with Crippen LogP contribution in [0.25, 0.3) is 5.76 Å². The second-order valence-electron chi connectivity index (χ2n) is 3.33. The van der Waals surface area contributed by atoms with Crippen LogP contribution in [0.1, 0.15) is 11.1 Å². The molecule has 5 nitrogen and oxygen atoms in total. The highest BCUT2D eigenvalue weighted by Crippen LogP contribution is 2.16. The zero-order valence-corrected chi connectivity index (χ0v) is 9.42. The first kappa shape index (κ1) is 13.8. The average molecular weight is 251 g/mol. The zero-order valence-electron chi connectivity index (χ0n) is 9.42. The lowest BCUT2D eigenvalue weighted by Crippen LogP contribution is -2.20. The van der Waals surface area contributed by atoms with Crippen molar-refractivity contribution >= 4 is 11.5 Å². The fourth-order valence-corrected chi connectivity index (χ4v) is 1.17. The molecule has 0 aliphatic rings. The highest BCUT2D eigenvalue weighted by atomic mass is 19.1. The van der Waals surface area contributed by atoms with Gasteiger partial charge in [0.15, 0.2) is 0 Å². The van der Waals surface area contributed by atoms with Gasteiger partial charge in [-0.2, -0.15) is 5.26 Å². The van der Waals surface area contributed by atoms with Crippen LogP contribution in [0.4, 0.5) is 4.39 Å². The molecule has 6 heteroatoms. The SMILES string of the molecule is COC(O)C(=O)/C=C(\O)c1ccc(C#N)c(F)c1. The second kappa shape index (κ2) is 5.91. The molecule has 1 aromatic rings. The molecule has 2 N–H and O–H groups in total. The van der Waals surface area contributed by atoms with Crippen molar-refractivity contribution in [3.8, 4) is 6.07 Å². The van der Waals surface area contributed by atoms with Crippen LogP contribution in [0.15, 0.2) is 24.3 Å². The molecular weight excluding hydrogens is 241 g/mol. The molecule has 1 unspecified atom stereocenters. The Labute approximate surface area is 102 Å². The molecule has 0 amide bonds. The molecule has 0 bridgehead atoms. The van der Waals surface area contributed by atoms with Gasteiger partial charge >= 0.3 is 0 Å². The normalized spacial score (nSPS) is 12.9. The minimum absolute atomic E-state index is 0.0168. The van der Waals surface area contributed by atoms with Gasteiger partial charge in [0, 0.05) is 18.7 Å². The van der Waals surface area contributed by atoms with E-state index in [0.717, 1.165) is 19.3 Å². The largest absolute Gasteiger partial charge is 0.507 e. The van der Waals surface area contributed by atoms with Gasteiger partial charge in [0.1, 0.15) is 17.6 Å². The van der Waals surface area contributed by atoms with Crippen molar-refractivity contribution in [2.24, 2.45) is 0 Å². The Hall–Kier alpha value is -2.23. The van der Waals surface area contributed by atoms with Gasteiger partial charge in [-0.25, -0.2) is 4.39 Å². The molecule has 0 radical (unpaired) electrons. The Kier molecular flexibility index (Phi) is 4.54. The summed E-state index contributed by atoms with van der Waals surface area (Å²) in [5.74, 6) is -2.21. The minimum Gasteiger partial charge on any atom is -0.507 e. The summed E-state index contributed by atoms with van der Waals surface area (Å²) in [6, 6.07) is 4.99.